The highest BCUT2D eigenvalue weighted by Gasteiger charge is 2.11. The van der Waals surface area contributed by atoms with Crippen molar-refractivity contribution in [1.29, 1.82) is 0 Å². The zero-order chi connectivity index (χ0) is 43.4. The number of aliphatic hydroxyl groups is 1. The highest BCUT2D eigenvalue weighted by molar-refractivity contribution is 5.73. The van der Waals surface area contributed by atoms with E-state index in [4.69, 9.17) is 5.11 Å². The summed E-state index contributed by atoms with van der Waals surface area (Å²) in [6, 6.07) is 25.4. The predicted molar refractivity (Wildman–Crippen MR) is 250 cm³/mol. The smallest absolute Gasteiger partial charge is 0.128 e. The van der Waals surface area contributed by atoms with Gasteiger partial charge in [-0.3, -0.25) is 0 Å². The summed E-state index contributed by atoms with van der Waals surface area (Å²) in [7, 11) is 0. The molecule has 3 nitrogen and oxygen atoms in total. The molecule has 4 aromatic carbocycles. The molecule has 0 spiro atoms. The van der Waals surface area contributed by atoms with Gasteiger partial charge in [0.15, 0.2) is 0 Å². The largest absolute Gasteiger partial charge is 0.513 e. The second kappa shape index (κ2) is 19.2. The summed E-state index contributed by atoms with van der Waals surface area (Å²) < 4.78 is 0. The third-order valence-corrected chi connectivity index (χ3v) is 7.97. The van der Waals surface area contributed by atoms with E-state index in [-0.39, 0.29) is 27.4 Å². The van der Waals surface area contributed by atoms with Crippen molar-refractivity contribution < 1.29 is 5.11 Å². The summed E-state index contributed by atoms with van der Waals surface area (Å²) in [5.74, 6) is 33.5. The number of aliphatic hydroxyl groups excluding tert-OH is 1. The van der Waals surface area contributed by atoms with Crippen molar-refractivity contribution in [3.8, 4) is 59.2 Å². The quantitative estimate of drug-likeness (QED) is 0.123. The van der Waals surface area contributed by atoms with E-state index in [1.807, 2.05) is 66.7 Å². The molecule has 0 aliphatic rings. The zero-order valence-electron chi connectivity index (χ0n) is 36.9. The van der Waals surface area contributed by atoms with E-state index in [0.717, 1.165) is 45.2 Å². The number of rotatable bonds is 5. The zero-order valence-corrected chi connectivity index (χ0v) is 36.9. The molecule has 0 radical (unpaired) electrons. The second-order valence-electron chi connectivity index (χ2n) is 18.5. The van der Waals surface area contributed by atoms with Crippen LogP contribution in [-0.4, -0.2) is 5.11 Å². The SMILES string of the molecule is C=Cc1ccccc1C(=C/O)/N=N/c1c(C#Cc2cc(C#CC(C)(C)C)cc(C#CC(C)(C)C)c2)cccc1C#Cc1cc(C#CC(C)(C)C)cc(C=CC(C)(C)C)c1. The minimum Gasteiger partial charge on any atom is -0.513 e. The molecule has 0 saturated heterocycles. The fourth-order valence-electron chi connectivity index (χ4n) is 5.15. The number of hydrogen-bond donors (Lipinski definition) is 1. The number of nitrogens with zero attached hydrogens (tertiary/aromatic N) is 2. The van der Waals surface area contributed by atoms with Crippen molar-refractivity contribution in [2.45, 2.75) is 83.1 Å². The number of hydrogen-bond acceptors (Lipinski definition) is 3. The molecule has 4 rings (SSSR count). The Morgan fingerprint density at radius 1 is 0.559 bits per heavy atom. The first-order valence-corrected chi connectivity index (χ1v) is 19.8. The van der Waals surface area contributed by atoms with Gasteiger partial charge in [-0.25, -0.2) is 0 Å². The highest BCUT2D eigenvalue weighted by Crippen LogP contribution is 2.29. The van der Waals surface area contributed by atoms with Gasteiger partial charge in [0.2, 0.25) is 0 Å². The molecule has 0 bridgehead atoms. The second-order valence-corrected chi connectivity index (χ2v) is 18.5. The minimum absolute atomic E-state index is 0.0108. The standard InChI is InChI=1S/C56H56N2O/c1-14-47-18-15-16-21-50(47)51(40-59)57-58-52-48(24-22-41-34-43(26-30-53(2,3)4)38-44(35-41)27-31-54(5,6)7)19-17-20-49(52)25-23-42-36-45(28-32-55(8,9)10)39-46(37-42)29-33-56(11,12)13/h14-21,26,30,34-40,59H,1H2,2-13H3/b30-26?,51-40-,58-57+. The van der Waals surface area contributed by atoms with Crippen molar-refractivity contribution in [3.05, 3.63) is 153 Å². The molecule has 0 aliphatic carbocycles. The average Bonchev–Trinajstić information content (AvgIpc) is 3.15. The summed E-state index contributed by atoms with van der Waals surface area (Å²) in [5, 5.41) is 19.6. The lowest BCUT2D eigenvalue weighted by Gasteiger charge is -2.11. The van der Waals surface area contributed by atoms with Crippen LogP contribution in [0.1, 0.15) is 139 Å². The maximum absolute atomic E-state index is 10.4. The Morgan fingerprint density at radius 2 is 1.00 bits per heavy atom. The first-order chi connectivity index (χ1) is 27.6. The van der Waals surface area contributed by atoms with Crippen molar-refractivity contribution in [2.75, 3.05) is 0 Å². The molecule has 0 aliphatic heterocycles. The van der Waals surface area contributed by atoms with Gasteiger partial charge in [0, 0.05) is 49.6 Å². The lowest BCUT2D eigenvalue weighted by atomic mass is 9.94. The number of benzene rings is 4. The Labute approximate surface area is 354 Å². The van der Waals surface area contributed by atoms with Gasteiger partial charge in [0.25, 0.3) is 0 Å². The van der Waals surface area contributed by atoms with Crippen molar-refractivity contribution in [1.82, 2.24) is 0 Å². The average molecular weight is 773 g/mol. The Balaban J connectivity index is 1.95. The summed E-state index contributed by atoms with van der Waals surface area (Å²) in [4.78, 5) is 0. The molecule has 0 unspecified atom stereocenters. The van der Waals surface area contributed by atoms with Crippen molar-refractivity contribution in [2.24, 2.45) is 31.9 Å². The topological polar surface area (TPSA) is 45.0 Å². The Morgan fingerprint density at radius 3 is 1.44 bits per heavy atom. The van der Waals surface area contributed by atoms with Gasteiger partial charge in [-0.1, -0.05) is 135 Å². The Bertz CT molecular complexity index is 2580. The minimum atomic E-state index is -0.166. The summed E-state index contributed by atoms with van der Waals surface area (Å²) in [6.45, 7) is 29.3. The van der Waals surface area contributed by atoms with Gasteiger partial charge >= 0.3 is 0 Å². The van der Waals surface area contributed by atoms with Gasteiger partial charge in [-0.2, -0.15) is 0 Å². The summed E-state index contributed by atoms with van der Waals surface area (Å²) >= 11 is 0. The van der Waals surface area contributed by atoms with E-state index in [1.54, 1.807) is 6.08 Å². The van der Waals surface area contributed by atoms with E-state index < -0.39 is 0 Å². The first-order valence-electron chi connectivity index (χ1n) is 19.8. The van der Waals surface area contributed by atoms with Crippen LogP contribution in [0.5, 0.6) is 0 Å². The third-order valence-electron chi connectivity index (χ3n) is 7.97. The molecule has 0 atom stereocenters. The Kier molecular flexibility index (Phi) is 14.6. The Hall–Kier alpha value is -6.70. The third kappa shape index (κ3) is 15.6. The monoisotopic (exact) mass is 772 g/mol. The van der Waals surface area contributed by atoms with Crippen molar-refractivity contribution in [3.63, 3.8) is 0 Å². The van der Waals surface area contributed by atoms with Gasteiger partial charge < -0.3 is 5.11 Å². The van der Waals surface area contributed by atoms with E-state index in [0.29, 0.717) is 22.4 Å². The maximum Gasteiger partial charge on any atom is 0.128 e. The van der Waals surface area contributed by atoms with Crippen LogP contribution in [0, 0.1) is 80.9 Å². The van der Waals surface area contributed by atoms with Gasteiger partial charge in [0.1, 0.15) is 17.6 Å². The van der Waals surface area contributed by atoms with Crippen LogP contribution < -0.4 is 0 Å². The molecule has 1 N–H and O–H groups in total. The lowest BCUT2D eigenvalue weighted by Crippen LogP contribution is -2.00. The van der Waals surface area contributed by atoms with E-state index in [9.17, 15) is 5.11 Å². The van der Waals surface area contributed by atoms with Crippen LogP contribution in [-0.2, 0) is 0 Å². The van der Waals surface area contributed by atoms with Crippen LogP contribution in [0.2, 0.25) is 0 Å². The normalized spacial score (nSPS) is 11.8. The predicted octanol–water partition coefficient (Wildman–Crippen LogP) is 14.0. The molecule has 0 heterocycles. The van der Waals surface area contributed by atoms with Crippen LogP contribution in [0.4, 0.5) is 5.69 Å². The van der Waals surface area contributed by atoms with Crippen LogP contribution >= 0.6 is 0 Å². The lowest BCUT2D eigenvalue weighted by molar-refractivity contribution is 0.474. The van der Waals surface area contributed by atoms with Crippen molar-refractivity contribution >= 4 is 23.5 Å². The first kappa shape index (κ1) is 45.0. The molecule has 3 heteroatoms. The van der Waals surface area contributed by atoms with Crippen LogP contribution in [0.25, 0.3) is 17.8 Å². The molecular formula is C56H56N2O. The van der Waals surface area contributed by atoms with Gasteiger partial charge in [0.05, 0.1) is 11.1 Å². The summed E-state index contributed by atoms with van der Waals surface area (Å²) in [6.07, 6.45) is 6.98. The fourth-order valence-corrected chi connectivity index (χ4v) is 5.15. The molecule has 0 amide bonds. The molecule has 0 saturated carbocycles. The van der Waals surface area contributed by atoms with E-state index in [2.05, 4.69) is 178 Å². The van der Waals surface area contributed by atoms with Gasteiger partial charge in [-0.05, 0) is 127 Å². The highest BCUT2D eigenvalue weighted by atomic mass is 16.2. The van der Waals surface area contributed by atoms with E-state index >= 15 is 0 Å². The fraction of sp³-hybridized carbons (Fsp3) is 0.286. The number of allylic oxidation sites excluding steroid dienone is 1. The maximum atomic E-state index is 10.4. The molecule has 296 valence electrons. The van der Waals surface area contributed by atoms with Crippen LogP contribution in [0.15, 0.2) is 108 Å². The molecule has 0 fully saturated rings. The number of azo groups is 1. The molecule has 0 aromatic heterocycles. The molecule has 59 heavy (non-hydrogen) atoms. The van der Waals surface area contributed by atoms with E-state index in [1.165, 1.54) is 0 Å². The summed E-state index contributed by atoms with van der Waals surface area (Å²) in [5.41, 5.74) is 8.17. The molecular weight excluding hydrogens is 717 g/mol. The van der Waals surface area contributed by atoms with Gasteiger partial charge in [-0.15, -0.1) is 10.2 Å². The van der Waals surface area contributed by atoms with Crippen LogP contribution in [0.3, 0.4) is 0 Å². The molecule has 4 aromatic rings.